The number of hydrogen-bond donors (Lipinski definition) is 3. The fourth-order valence-corrected chi connectivity index (χ4v) is 1.42. The zero-order chi connectivity index (χ0) is 11.0. The highest BCUT2D eigenvalue weighted by Gasteiger charge is 2.00. The predicted molar refractivity (Wildman–Crippen MR) is 58.2 cm³/mol. The van der Waals surface area contributed by atoms with E-state index in [1.54, 1.807) is 11.3 Å². The Morgan fingerprint density at radius 2 is 1.93 bits per heavy atom. The van der Waals surface area contributed by atoms with Crippen molar-refractivity contribution in [3.8, 4) is 0 Å². The summed E-state index contributed by atoms with van der Waals surface area (Å²) in [5.41, 5.74) is 1.34. The van der Waals surface area contributed by atoms with Gasteiger partial charge in [-0.1, -0.05) is 0 Å². The number of aliphatic hydroxyl groups is 3. The molecule has 0 unspecified atom stereocenters. The molecule has 0 aliphatic carbocycles. The summed E-state index contributed by atoms with van der Waals surface area (Å²) in [5.74, 6) is -1.50. The average molecular weight is 218 g/mol. The molecule has 1 rings (SSSR count). The van der Waals surface area contributed by atoms with Gasteiger partial charge in [0, 0.05) is 6.61 Å². The lowest BCUT2D eigenvalue weighted by molar-refractivity contribution is -0.127. The summed E-state index contributed by atoms with van der Waals surface area (Å²) in [5, 5.41) is 28.8. The minimum absolute atomic E-state index is 0.301. The molecule has 3 N–H and O–H groups in total. The molecule has 1 aromatic heterocycles. The zero-order valence-electron chi connectivity index (χ0n) is 8.60. The Kier molecular flexibility index (Phi) is 6.74. The SMILES string of the molecule is CC(C)(O)O.OCCCc1ccsc1. The molecule has 0 saturated carbocycles. The van der Waals surface area contributed by atoms with Crippen LogP contribution < -0.4 is 0 Å². The molecule has 0 radical (unpaired) electrons. The van der Waals surface area contributed by atoms with Crippen molar-refractivity contribution in [1.82, 2.24) is 0 Å². The second kappa shape index (κ2) is 6.95. The van der Waals surface area contributed by atoms with Crippen LogP contribution in [0.4, 0.5) is 0 Å². The molecule has 0 spiro atoms. The highest BCUT2D eigenvalue weighted by atomic mass is 32.1. The van der Waals surface area contributed by atoms with Crippen molar-refractivity contribution < 1.29 is 15.3 Å². The van der Waals surface area contributed by atoms with E-state index in [9.17, 15) is 0 Å². The summed E-state index contributed by atoms with van der Waals surface area (Å²) in [7, 11) is 0. The van der Waals surface area contributed by atoms with Gasteiger partial charge >= 0.3 is 0 Å². The maximum absolute atomic E-state index is 8.47. The molecular formula is C10H18O3S. The van der Waals surface area contributed by atoms with Crippen LogP contribution in [0.3, 0.4) is 0 Å². The van der Waals surface area contributed by atoms with Gasteiger partial charge in [0.25, 0.3) is 0 Å². The molecule has 0 aromatic carbocycles. The fraction of sp³-hybridized carbons (Fsp3) is 0.600. The number of thiophene rings is 1. The highest BCUT2D eigenvalue weighted by Crippen LogP contribution is 2.07. The predicted octanol–water partition coefficient (Wildman–Crippen LogP) is 1.38. The fourth-order valence-electron chi connectivity index (χ4n) is 0.718. The van der Waals surface area contributed by atoms with Crippen LogP contribution in [0.1, 0.15) is 25.8 Å². The molecule has 1 heterocycles. The summed E-state index contributed by atoms with van der Waals surface area (Å²) < 4.78 is 0. The van der Waals surface area contributed by atoms with Crippen LogP contribution in [-0.4, -0.2) is 27.7 Å². The summed E-state index contributed by atoms with van der Waals surface area (Å²) in [4.78, 5) is 0. The Labute approximate surface area is 88.6 Å². The standard InChI is InChI=1S/C7H10OS.C3H8O2/c8-4-1-2-7-3-5-9-6-7;1-3(2,4)5/h3,5-6,8H,1-2,4H2;4-5H,1-2H3. The van der Waals surface area contributed by atoms with E-state index in [4.69, 9.17) is 15.3 Å². The van der Waals surface area contributed by atoms with Gasteiger partial charge in [0.05, 0.1) is 0 Å². The van der Waals surface area contributed by atoms with E-state index in [2.05, 4.69) is 16.8 Å². The van der Waals surface area contributed by atoms with Gasteiger partial charge in [-0.25, -0.2) is 0 Å². The maximum atomic E-state index is 8.47. The molecule has 0 atom stereocenters. The van der Waals surface area contributed by atoms with Crippen LogP contribution in [-0.2, 0) is 6.42 Å². The van der Waals surface area contributed by atoms with Gasteiger partial charge in [-0.15, -0.1) is 0 Å². The van der Waals surface area contributed by atoms with Crippen LogP contribution in [0.15, 0.2) is 16.8 Å². The molecule has 14 heavy (non-hydrogen) atoms. The Bertz CT molecular complexity index is 208. The molecule has 0 aliphatic heterocycles. The Morgan fingerprint density at radius 3 is 2.29 bits per heavy atom. The Balaban J connectivity index is 0.000000292. The van der Waals surface area contributed by atoms with E-state index >= 15 is 0 Å². The molecule has 3 nitrogen and oxygen atoms in total. The van der Waals surface area contributed by atoms with Crippen LogP contribution in [0.25, 0.3) is 0 Å². The quantitative estimate of drug-likeness (QED) is 0.672. The van der Waals surface area contributed by atoms with Gasteiger partial charge in [0.2, 0.25) is 0 Å². The summed E-state index contributed by atoms with van der Waals surface area (Å²) in [6, 6.07) is 2.10. The van der Waals surface area contributed by atoms with E-state index < -0.39 is 5.79 Å². The number of aliphatic hydroxyl groups excluding tert-OH is 1. The van der Waals surface area contributed by atoms with Gasteiger partial charge in [-0.2, -0.15) is 11.3 Å². The third-order valence-electron chi connectivity index (χ3n) is 1.20. The largest absolute Gasteiger partial charge is 0.396 e. The zero-order valence-corrected chi connectivity index (χ0v) is 9.42. The minimum Gasteiger partial charge on any atom is -0.396 e. The van der Waals surface area contributed by atoms with Crippen molar-refractivity contribution in [1.29, 1.82) is 0 Å². The molecular weight excluding hydrogens is 200 g/mol. The van der Waals surface area contributed by atoms with E-state index in [0.717, 1.165) is 12.8 Å². The second-order valence-corrected chi connectivity index (χ2v) is 4.23. The monoisotopic (exact) mass is 218 g/mol. The first-order valence-corrected chi connectivity index (χ1v) is 5.44. The maximum Gasteiger partial charge on any atom is 0.156 e. The topological polar surface area (TPSA) is 60.7 Å². The third kappa shape index (κ3) is 11.6. The normalized spacial score (nSPS) is 10.6. The lowest BCUT2D eigenvalue weighted by Crippen LogP contribution is -2.15. The molecule has 0 fully saturated rings. The van der Waals surface area contributed by atoms with Crippen molar-refractivity contribution in [3.63, 3.8) is 0 Å². The molecule has 1 aromatic rings. The minimum atomic E-state index is -1.50. The van der Waals surface area contributed by atoms with E-state index in [0.29, 0.717) is 6.61 Å². The smallest absolute Gasteiger partial charge is 0.156 e. The van der Waals surface area contributed by atoms with Crippen molar-refractivity contribution in [2.45, 2.75) is 32.5 Å². The van der Waals surface area contributed by atoms with Gasteiger partial charge in [0.1, 0.15) is 0 Å². The van der Waals surface area contributed by atoms with Crippen LogP contribution in [0.2, 0.25) is 0 Å². The number of rotatable bonds is 3. The van der Waals surface area contributed by atoms with Crippen LogP contribution >= 0.6 is 11.3 Å². The molecule has 0 aliphatic rings. The molecule has 0 saturated heterocycles. The second-order valence-electron chi connectivity index (χ2n) is 3.45. The van der Waals surface area contributed by atoms with Crippen molar-refractivity contribution in [3.05, 3.63) is 22.4 Å². The lowest BCUT2D eigenvalue weighted by atomic mass is 10.2. The van der Waals surface area contributed by atoms with Gasteiger partial charge in [-0.05, 0) is 49.1 Å². The first kappa shape index (κ1) is 13.6. The van der Waals surface area contributed by atoms with Crippen molar-refractivity contribution in [2.24, 2.45) is 0 Å². The van der Waals surface area contributed by atoms with Gasteiger partial charge in [-0.3, -0.25) is 0 Å². The summed E-state index contributed by atoms with van der Waals surface area (Å²) in [6.45, 7) is 2.90. The van der Waals surface area contributed by atoms with Crippen LogP contribution in [0.5, 0.6) is 0 Å². The lowest BCUT2D eigenvalue weighted by Gasteiger charge is -2.03. The first-order valence-electron chi connectivity index (χ1n) is 4.50. The van der Waals surface area contributed by atoms with E-state index in [-0.39, 0.29) is 0 Å². The molecule has 82 valence electrons. The first-order chi connectivity index (χ1) is 6.43. The summed E-state index contributed by atoms with van der Waals surface area (Å²) >= 11 is 1.71. The Morgan fingerprint density at radius 1 is 1.36 bits per heavy atom. The van der Waals surface area contributed by atoms with E-state index in [1.165, 1.54) is 19.4 Å². The molecule has 4 heteroatoms. The highest BCUT2D eigenvalue weighted by molar-refractivity contribution is 7.07. The summed E-state index contributed by atoms with van der Waals surface area (Å²) in [6.07, 6.45) is 1.90. The molecule has 0 bridgehead atoms. The van der Waals surface area contributed by atoms with Crippen LogP contribution in [0, 0.1) is 0 Å². The van der Waals surface area contributed by atoms with Crippen molar-refractivity contribution >= 4 is 11.3 Å². The van der Waals surface area contributed by atoms with E-state index in [1.807, 2.05) is 0 Å². The number of aryl methyl sites for hydroxylation is 1. The van der Waals surface area contributed by atoms with Gasteiger partial charge in [0.15, 0.2) is 5.79 Å². The number of hydrogen-bond acceptors (Lipinski definition) is 4. The van der Waals surface area contributed by atoms with Gasteiger partial charge < -0.3 is 15.3 Å². The Hall–Kier alpha value is -0.420. The molecule has 0 amide bonds. The average Bonchev–Trinajstić information content (AvgIpc) is 2.49. The third-order valence-corrected chi connectivity index (χ3v) is 1.94. The van der Waals surface area contributed by atoms with Crippen molar-refractivity contribution in [2.75, 3.05) is 6.61 Å².